The Morgan fingerprint density at radius 3 is 1.98 bits per heavy atom. The van der Waals surface area contributed by atoms with Gasteiger partial charge in [-0.1, -0.05) is 117 Å². The van der Waals surface area contributed by atoms with Gasteiger partial charge in [0.15, 0.2) is 0 Å². The summed E-state index contributed by atoms with van der Waals surface area (Å²) in [7, 11) is 1.73. The summed E-state index contributed by atoms with van der Waals surface area (Å²) in [6, 6.07) is 48.5. The van der Waals surface area contributed by atoms with Gasteiger partial charge in [0.25, 0.3) is 0 Å². The summed E-state index contributed by atoms with van der Waals surface area (Å²) in [5.74, 6) is 0.912. The number of nitrogens with zero attached hydrogens (tertiary/aromatic N) is 1. The van der Waals surface area contributed by atoms with E-state index in [-0.39, 0.29) is 0 Å². The largest absolute Gasteiger partial charge is 0.496 e. The average molecular weight is 616 g/mol. The van der Waals surface area contributed by atoms with E-state index in [1.807, 2.05) is 32.0 Å². The maximum absolute atomic E-state index is 6.23. The van der Waals surface area contributed by atoms with Crippen LogP contribution in [0.5, 0.6) is 5.75 Å². The van der Waals surface area contributed by atoms with Crippen molar-refractivity contribution in [1.29, 1.82) is 0 Å². The molecule has 0 aliphatic heterocycles. The van der Waals surface area contributed by atoms with Crippen molar-refractivity contribution in [3.63, 3.8) is 0 Å². The summed E-state index contributed by atoms with van der Waals surface area (Å²) in [5, 5.41) is 3.59. The molecule has 47 heavy (non-hydrogen) atoms. The minimum absolute atomic E-state index is 0.912. The monoisotopic (exact) mass is 615 g/mol. The zero-order chi connectivity index (χ0) is 32.9. The SMILES string of the molecule is CC.COc1cc(-c2ccccc2C)c(C)cc1-c1ccccc1.Cc1cccc(-n2c3ccccc3c3c4ccccc4oc32)c1. The highest BCUT2D eigenvalue weighted by Gasteiger charge is 2.18. The Bertz CT molecular complexity index is 2290. The van der Waals surface area contributed by atoms with E-state index in [1.165, 1.54) is 55.1 Å². The van der Waals surface area contributed by atoms with Gasteiger partial charge < -0.3 is 9.15 Å². The van der Waals surface area contributed by atoms with Crippen molar-refractivity contribution in [2.45, 2.75) is 34.6 Å². The number of hydrogen-bond donors (Lipinski definition) is 0. The average Bonchev–Trinajstić information content (AvgIpc) is 3.65. The highest BCUT2D eigenvalue weighted by atomic mass is 16.5. The summed E-state index contributed by atoms with van der Waals surface area (Å²) in [6.07, 6.45) is 0. The van der Waals surface area contributed by atoms with Crippen LogP contribution in [0.2, 0.25) is 0 Å². The van der Waals surface area contributed by atoms with Gasteiger partial charge in [0.2, 0.25) is 5.71 Å². The maximum Gasteiger partial charge on any atom is 0.213 e. The number of para-hydroxylation sites is 2. The van der Waals surface area contributed by atoms with E-state index in [1.54, 1.807) is 7.11 Å². The number of rotatable bonds is 4. The van der Waals surface area contributed by atoms with Gasteiger partial charge in [-0.25, -0.2) is 0 Å². The van der Waals surface area contributed by atoms with Crippen LogP contribution in [0, 0.1) is 20.8 Å². The number of benzene rings is 6. The second-order valence-electron chi connectivity index (χ2n) is 11.5. The van der Waals surface area contributed by atoms with Crippen molar-refractivity contribution in [3.05, 3.63) is 156 Å². The zero-order valence-corrected chi connectivity index (χ0v) is 28.0. The highest BCUT2D eigenvalue weighted by molar-refractivity contribution is 6.19. The van der Waals surface area contributed by atoms with Crippen molar-refractivity contribution in [2.75, 3.05) is 7.11 Å². The van der Waals surface area contributed by atoms with Crippen molar-refractivity contribution < 1.29 is 9.15 Å². The Balaban J connectivity index is 0.000000157. The first-order valence-electron chi connectivity index (χ1n) is 16.3. The van der Waals surface area contributed by atoms with E-state index in [0.29, 0.717) is 0 Å². The minimum Gasteiger partial charge on any atom is -0.496 e. The summed E-state index contributed by atoms with van der Waals surface area (Å²) in [4.78, 5) is 0. The van der Waals surface area contributed by atoms with Gasteiger partial charge in [-0.05, 0) is 90.6 Å². The fourth-order valence-electron chi connectivity index (χ4n) is 6.33. The molecule has 0 bridgehead atoms. The molecule has 0 spiro atoms. The first kappa shape index (κ1) is 31.4. The van der Waals surface area contributed by atoms with Gasteiger partial charge in [0.1, 0.15) is 11.3 Å². The van der Waals surface area contributed by atoms with Gasteiger partial charge in [-0.15, -0.1) is 0 Å². The fraction of sp³-hybridized carbons (Fsp3) is 0.136. The molecule has 0 saturated carbocycles. The molecule has 0 N–H and O–H groups in total. The van der Waals surface area contributed by atoms with Crippen LogP contribution in [-0.4, -0.2) is 11.7 Å². The topological polar surface area (TPSA) is 27.3 Å². The van der Waals surface area contributed by atoms with E-state index in [4.69, 9.17) is 9.15 Å². The molecule has 2 heterocycles. The molecule has 0 fully saturated rings. The second kappa shape index (κ2) is 13.8. The molecule has 3 nitrogen and oxygen atoms in total. The summed E-state index contributed by atoms with van der Waals surface area (Å²) < 4.78 is 14.1. The smallest absolute Gasteiger partial charge is 0.213 e. The number of methoxy groups -OCH3 is 1. The number of fused-ring (bicyclic) bond motifs is 5. The van der Waals surface area contributed by atoms with Gasteiger partial charge in [-0.2, -0.15) is 0 Å². The Morgan fingerprint density at radius 2 is 1.23 bits per heavy atom. The van der Waals surface area contributed by atoms with Crippen LogP contribution in [0.3, 0.4) is 0 Å². The third-order valence-electron chi connectivity index (χ3n) is 8.52. The van der Waals surface area contributed by atoms with Crippen LogP contribution in [0.4, 0.5) is 0 Å². The fourth-order valence-corrected chi connectivity index (χ4v) is 6.33. The van der Waals surface area contributed by atoms with Crippen LogP contribution >= 0.6 is 0 Å². The standard InChI is InChI=1S/C21H15NO.C21H20O.C2H6/c1-14-7-6-8-15(13-14)22-18-11-4-2-9-16(18)20-17-10-3-5-12-19(17)23-21(20)22;1-15-9-7-8-12-18(15)19-14-21(22-3)20(13-16(19)2)17-10-5-4-6-11-17;1-2/h2-13H,1H3;4-14H,1-3H3;1-2H3. The van der Waals surface area contributed by atoms with E-state index < -0.39 is 0 Å². The molecule has 0 atom stereocenters. The van der Waals surface area contributed by atoms with Gasteiger partial charge in [-0.3, -0.25) is 4.57 Å². The Hall–Kier alpha value is -5.54. The molecular weight excluding hydrogens is 574 g/mol. The van der Waals surface area contributed by atoms with Crippen LogP contribution in [0.1, 0.15) is 30.5 Å². The summed E-state index contributed by atoms with van der Waals surface area (Å²) in [6.45, 7) is 10.4. The van der Waals surface area contributed by atoms with Crippen molar-refractivity contribution >= 4 is 33.0 Å². The first-order chi connectivity index (χ1) is 23.0. The van der Waals surface area contributed by atoms with Gasteiger partial charge >= 0.3 is 0 Å². The number of hydrogen-bond acceptors (Lipinski definition) is 2. The predicted molar refractivity (Wildman–Crippen MR) is 200 cm³/mol. The van der Waals surface area contributed by atoms with E-state index in [9.17, 15) is 0 Å². The Morgan fingerprint density at radius 1 is 0.553 bits per heavy atom. The molecule has 8 aromatic rings. The quantitative estimate of drug-likeness (QED) is 0.197. The molecule has 0 unspecified atom stereocenters. The number of aryl methyl sites for hydroxylation is 3. The number of ether oxygens (including phenoxy) is 1. The first-order valence-corrected chi connectivity index (χ1v) is 16.3. The van der Waals surface area contributed by atoms with Crippen LogP contribution in [0.25, 0.3) is 60.9 Å². The molecule has 0 radical (unpaired) electrons. The molecule has 8 rings (SSSR count). The van der Waals surface area contributed by atoms with Gasteiger partial charge in [0, 0.05) is 22.0 Å². The van der Waals surface area contributed by atoms with Crippen molar-refractivity contribution in [2.24, 2.45) is 0 Å². The van der Waals surface area contributed by atoms with Crippen LogP contribution < -0.4 is 4.74 Å². The molecule has 0 saturated heterocycles. The lowest BCUT2D eigenvalue weighted by atomic mass is 9.92. The van der Waals surface area contributed by atoms with E-state index in [2.05, 4.69) is 147 Å². The zero-order valence-electron chi connectivity index (χ0n) is 28.0. The molecule has 0 amide bonds. The van der Waals surface area contributed by atoms with Crippen LogP contribution in [-0.2, 0) is 0 Å². The molecule has 0 aliphatic rings. The molecule has 2 aromatic heterocycles. The number of aromatic nitrogens is 1. The highest BCUT2D eigenvalue weighted by Crippen LogP contribution is 2.39. The third kappa shape index (κ3) is 6.05. The predicted octanol–water partition coefficient (Wildman–Crippen LogP) is 12.5. The third-order valence-corrected chi connectivity index (χ3v) is 8.52. The van der Waals surface area contributed by atoms with Gasteiger partial charge in [0.05, 0.1) is 18.0 Å². The molecule has 234 valence electrons. The van der Waals surface area contributed by atoms with Crippen molar-refractivity contribution in [3.8, 4) is 33.7 Å². The van der Waals surface area contributed by atoms with Crippen molar-refractivity contribution in [1.82, 2.24) is 4.57 Å². The van der Waals surface area contributed by atoms with Crippen LogP contribution in [0.15, 0.2) is 144 Å². The summed E-state index contributed by atoms with van der Waals surface area (Å²) >= 11 is 0. The molecule has 3 heteroatoms. The molecule has 6 aromatic carbocycles. The van der Waals surface area contributed by atoms with E-state index in [0.717, 1.165) is 28.3 Å². The lowest BCUT2D eigenvalue weighted by molar-refractivity contribution is 0.416. The molecular formula is C44H41NO2. The Kier molecular flexibility index (Phi) is 9.26. The lowest BCUT2D eigenvalue weighted by Gasteiger charge is -2.15. The molecule has 0 aliphatic carbocycles. The van der Waals surface area contributed by atoms with E-state index >= 15 is 0 Å². The maximum atomic E-state index is 6.23. The number of furan rings is 1. The second-order valence-corrected chi connectivity index (χ2v) is 11.5. The lowest BCUT2D eigenvalue weighted by Crippen LogP contribution is -1.93. The summed E-state index contributed by atoms with van der Waals surface area (Å²) in [5.41, 5.74) is 12.7. The Labute approximate surface area is 277 Å². The normalized spacial score (nSPS) is 10.8. The minimum atomic E-state index is 0.912.